The van der Waals surface area contributed by atoms with Gasteiger partial charge in [0.05, 0.1) is 21.3 Å². The zero-order valence-electron chi connectivity index (χ0n) is 12.0. The van der Waals surface area contributed by atoms with E-state index in [4.69, 9.17) is 14.2 Å². The normalized spacial score (nSPS) is 10.3. The van der Waals surface area contributed by atoms with Crippen LogP contribution in [0.1, 0.15) is 15.4 Å². The highest BCUT2D eigenvalue weighted by molar-refractivity contribution is 9.10. The first-order valence-electron chi connectivity index (χ1n) is 5.99. The summed E-state index contributed by atoms with van der Waals surface area (Å²) in [5.41, 5.74) is 1.16. The number of halogens is 1. The number of thiazole rings is 1. The van der Waals surface area contributed by atoms with Gasteiger partial charge >= 0.3 is 5.97 Å². The van der Waals surface area contributed by atoms with Crippen molar-refractivity contribution >= 4 is 33.2 Å². The molecule has 0 fully saturated rings. The van der Waals surface area contributed by atoms with Crippen molar-refractivity contribution in [2.45, 2.75) is 6.92 Å². The van der Waals surface area contributed by atoms with Crippen LogP contribution in [0.15, 0.2) is 16.6 Å². The van der Waals surface area contributed by atoms with Crippen LogP contribution in [0, 0.1) is 6.92 Å². The van der Waals surface area contributed by atoms with E-state index >= 15 is 0 Å². The second-order valence-corrected chi connectivity index (χ2v) is 6.16. The van der Waals surface area contributed by atoms with Gasteiger partial charge in [-0.05, 0) is 35.0 Å². The maximum atomic E-state index is 11.7. The second kappa shape index (κ2) is 6.44. The molecule has 7 heteroatoms. The van der Waals surface area contributed by atoms with E-state index in [2.05, 4.69) is 20.9 Å². The second-order valence-electron chi connectivity index (χ2n) is 4.10. The first-order valence-corrected chi connectivity index (χ1v) is 7.60. The predicted molar refractivity (Wildman–Crippen MR) is 84.4 cm³/mol. The van der Waals surface area contributed by atoms with Crippen molar-refractivity contribution in [2.75, 3.05) is 21.3 Å². The van der Waals surface area contributed by atoms with Crippen molar-refractivity contribution in [2.24, 2.45) is 0 Å². The van der Waals surface area contributed by atoms with Crippen LogP contribution in [0.3, 0.4) is 0 Å². The van der Waals surface area contributed by atoms with Gasteiger partial charge in [-0.25, -0.2) is 9.78 Å². The first kappa shape index (κ1) is 15.8. The van der Waals surface area contributed by atoms with Crippen LogP contribution in [0.5, 0.6) is 11.5 Å². The number of esters is 1. The highest BCUT2D eigenvalue weighted by atomic mass is 79.9. The molecule has 5 nitrogen and oxygen atoms in total. The average molecular weight is 372 g/mol. The van der Waals surface area contributed by atoms with Crippen LogP contribution >= 0.6 is 27.3 Å². The van der Waals surface area contributed by atoms with Gasteiger partial charge in [-0.2, -0.15) is 0 Å². The molecular formula is C14H14BrNO4S. The highest BCUT2D eigenvalue weighted by Crippen LogP contribution is 2.40. The fourth-order valence-electron chi connectivity index (χ4n) is 1.82. The number of hydrogen-bond donors (Lipinski definition) is 0. The average Bonchev–Trinajstić information content (AvgIpc) is 2.87. The minimum atomic E-state index is -0.438. The summed E-state index contributed by atoms with van der Waals surface area (Å²) in [4.78, 5) is 16.8. The standard InChI is InChI=1S/C14H14BrNO4S/c1-7-12(14(17)20-4)16-13(21-7)8-5-10(18-2)11(19-3)6-9(8)15/h5-6H,1-4H3. The van der Waals surface area contributed by atoms with Crippen LogP contribution in [0.4, 0.5) is 0 Å². The summed E-state index contributed by atoms with van der Waals surface area (Å²) in [5.74, 6) is 0.782. The van der Waals surface area contributed by atoms with Gasteiger partial charge in [0.15, 0.2) is 17.2 Å². The Hall–Kier alpha value is -1.60. The highest BCUT2D eigenvalue weighted by Gasteiger charge is 2.19. The van der Waals surface area contributed by atoms with Crippen molar-refractivity contribution in [1.82, 2.24) is 4.98 Å². The van der Waals surface area contributed by atoms with Crippen molar-refractivity contribution in [3.8, 4) is 22.1 Å². The molecule has 21 heavy (non-hydrogen) atoms. The van der Waals surface area contributed by atoms with E-state index in [1.165, 1.54) is 18.4 Å². The molecule has 0 aliphatic heterocycles. The monoisotopic (exact) mass is 371 g/mol. The van der Waals surface area contributed by atoms with Gasteiger partial charge in [0.1, 0.15) is 5.01 Å². The Morgan fingerprint density at radius 1 is 1.19 bits per heavy atom. The fraction of sp³-hybridized carbons (Fsp3) is 0.286. The molecule has 112 valence electrons. The molecule has 2 aromatic rings. The summed E-state index contributed by atoms with van der Waals surface area (Å²) in [5, 5.41) is 0.709. The quantitative estimate of drug-likeness (QED) is 0.767. The number of carbonyl (C=O) groups excluding carboxylic acids is 1. The molecule has 0 saturated carbocycles. The summed E-state index contributed by atoms with van der Waals surface area (Å²) in [6.45, 7) is 1.84. The molecule has 2 rings (SSSR count). The zero-order chi connectivity index (χ0) is 15.6. The third-order valence-electron chi connectivity index (χ3n) is 2.88. The molecule has 0 N–H and O–H groups in total. The predicted octanol–water partition coefficient (Wildman–Crippen LogP) is 3.68. The molecule has 0 bridgehead atoms. The maximum absolute atomic E-state index is 11.7. The fourth-order valence-corrected chi connectivity index (χ4v) is 3.39. The van der Waals surface area contributed by atoms with Crippen LogP contribution < -0.4 is 9.47 Å². The van der Waals surface area contributed by atoms with Crippen molar-refractivity contribution in [3.63, 3.8) is 0 Å². The summed E-state index contributed by atoms with van der Waals surface area (Å²) in [6.07, 6.45) is 0. The maximum Gasteiger partial charge on any atom is 0.357 e. The number of ether oxygens (including phenoxy) is 3. The minimum absolute atomic E-state index is 0.333. The molecule has 0 atom stereocenters. The van der Waals surface area contributed by atoms with E-state index in [1.807, 2.05) is 19.1 Å². The lowest BCUT2D eigenvalue weighted by Gasteiger charge is -2.10. The minimum Gasteiger partial charge on any atom is -0.493 e. The molecule has 1 heterocycles. The van der Waals surface area contributed by atoms with Crippen LogP contribution in [0.2, 0.25) is 0 Å². The van der Waals surface area contributed by atoms with Gasteiger partial charge in [0.2, 0.25) is 0 Å². The van der Waals surface area contributed by atoms with Crippen molar-refractivity contribution in [1.29, 1.82) is 0 Å². The van der Waals surface area contributed by atoms with E-state index in [0.717, 1.165) is 14.9 Å². The topological polar surface area (TPSA) is 57.7 Å². The number of rotatable bonds is 4. The van der Waals surface area contributed by atoms with E-state index < -0.39 is 5.97 Å². The number of aromatic nitrogens is 1. The van der Waals surface area contributed by atoms with Crippen LogP contribution in [-0.2, 0) is 4.74 Å². The van der Waals surface area contributed by atoms with Gasteiger partial charge in [-0.15, -0.1) is 11.3 Å². The third-order valence-corrected chi connectivity index (χ3v) is 4.54. The smallest absolute Gasteiger partial charge is 0.357 e. The lowest BCUT2D eigenvalue weighted by atomic mass is 10.2. The summed E-state index contributed by atoms with van der Waals surface area (Å²) in [6, 6.07) is 3.63. The summed E-state index contributed by atoms with van der Waals surface area (Å²) >= 11 is 4.91. The van der Waals surface area contributed by atoms with Crippen molar-refractivity contribution < 1.29 is 19.0 Å². The van der Waals surface area contributed by atoms with Gasteiger partial charge < -0.3 is 14.2 Å². The van der Waals surface area contributed by atoms with Crippen molar-refractivity contribution in [3.05, 3.63) is 27.2 Å². The van der Waals surface area contributed by atoms with Crippen LogP contribution in [0.25, 0.3) is 10.6 Å². The van der Waals surface area contributed by atoms with E-state index in [-0.39, 0.29) is 0 Å². The Balaban J connectivity index is 2.54. The Morgan fingerprint density at radius 3 is 2.38 bits per heavy atom. The molecule has 0 aliphatic carbocycles. The third kappa shape index (κ3) is 3.03. The molecule has 1 aromatic carbocycles. The lowest BCUT2D eigenvalue weighted by molar-refractivity contribution is 0.0594. The molecule has 0 unspecified atom stereocenters. The number of hydrogen-bond acceptors (Lipinski definition) is 6. The number of carbonyl (C=O) groups is 1. The van der Waals surface area contributed by atoms with Gasteiger partial charge in [0.25, 0.3) is 0 Å². The zero-order valence-corrected chi connectivity index (χ0v) is 14.4. The van der Waals surface area contributed by atoms with Gasteiger partial charge in [-0.3, -0.25) is 0 Å². The lowest BCUT2D eigenvalue weighted by Crippen LogP contribution is -2.03. The number of nitrogens with zero attached hydrogens (tertiary/aromatic N) is 1. The largest absolute Gasteiger partial charge is 0.493 e. The number of aryl methyl sites for hydroxylation is 1. The van der Waals surface area contributed by atoms with E-state index in [9.17, 15) is 4.79 Å². The molecule has 1 aromatic heterocycles. The number of methoxy groups -OCH3 is 3. The van der Waals surface area contributed by atoms with E-state index in [1.54, 1.807) is 14.2 Å². The van der Waals surface area contributed by atoms with Gasteiger partial charge in [-0.1, -0.05) is 0 Å². The molecule has 0 radical (unpaired) electrons. The SMILES string of the molecule is COC(=O)c1nc(-c2cc(OC)c(OC)cc2Br)sc1C. The summed E-state index contributed by atoms with van der Waals surface area (Å²) < 4.78 is 16.1. The molecule has 0 aliphatic rings. The summed E-state index contributed by atoms with van der Waals surface area (Å²) in [7, 11) is 4.49. The molecular weight excluding hydrogens is 358 g/mol. The number of benzene rings is 1. The Morgan fingerprint density at radius 2 is 1.81 bits per heavy atom. The Labute approximate surface area is 135 Å². The Kier molecular flexibility index (Phi) is 4.84. The Bertz CT molecular complexity index is 684. The van der Waals surface area contributed by atoms with E-state index in [0.29, 0.717) is 22.2 Å². The molecule has 0 spiro atoms. The molecule has 0 saturated heterocycles. The molecule has 0 amide bonds. The van der Waals surface area contributed by atoms with Crippen LogP contribution in [-0.4, -0.2) is 32.3 Å². The first-order chi connectivity index (χ1) is 10.0. The van der Waals surface area contributed by atoms with Gasteiger partial charge in [0, 0.05) is 14.9 Å².